The molecule has 1 saturated heterocycles. The lowest BCUT2D eigenvalue weighted by molar-refractivity contribution is -0.128. The van der Waals surface area contributed by atoms with Crippen LogP contribution in [0.1, 0.15) is 11.7 Å². The SMILES string of the molecule is FC(F)(F)Cc1noc(CC2CSCCN2)n1. The summed E-state index contributed by atoms with van der Waals surface area (Å²) < 4.78 is 41.0. The fourth-order valence-electron chi connectivity index (χ4n) is 1.59. The predicted molar refractivity (Wildman–Crippen MR) is 56.9 cm³/mol. The van der Waals surface area contributed by atoms with Crippen LogP contribution in [-0.2, 0) is 12.8 Å². The molecule has 1 aromatic rings. The van der Waals surface area contributed by atoms with Crippen molar-refractivity contribution in [2.45, 2.75) is 25.1 Å². The summed E-state index contributed by atoms with van der Waals surface area (Å²) in [7, 11) is 0. The number of hydrogen-bond acceptors (Lipinski definition) is 5. The van der Waals surface area contributed by atoms with Crippen LogP contribution in [0.25, 0.3) is 0 Å². The summed E-state index contributed by atoms with van der Waals surface area (Å²) in [5, 5.41) is 6.58. The van der Waals surface area contributed by atoms with Crippen molar-refractivity contribution in [3.63, 3.8) is 0 Å². The van der Waals surface area contributed by atoms with E-state index in [4.69, 9.17) is 4.52 Å². The second kappa shape index (κ2) is 5.26. The van der Waals surface area contributed by atoms with Gasteiger partial charge in [-0.3, -0.25) is 0 Å². The van der Waals surface area contributed by atoms with Crippen molar-refractivity contribution in [1.29, 1.82) is 0 Å². The smallest absolute Gasteiger partial charge is 0.339 e. The Balaban J connectivity index is 1.89. The van der Waals surface area contributed by atoms with Gasteiger partial charge in [0.1, 0.15) is 6.42 Å². The zero-order valence-electron chi connectivity index (χ0n) is 8.96. The third-order valence-electron chi connectivity index (χ3n) is 2.29. The molecular weight excluding hydrogens is 255 g/mol. The largest absolute Gasteiger partial charge is 0.396 e. The molecule has 0 bridgehead atoms. The van der Waals surface area contributed by atoms with E-state index in [9.17, 15) is 13.2 Å². The number of aromatic nitrogens is 2. The van der Waals surface area contributed by atoms with Gasteiger partial charge < -0.3 is 9.84 Å². The van der Waals surface area contributed by atoms with E-state index in [0.29, 0.717) is 6.42 Å². The number of rotatable bonds is 3. The molecule has 0 amide bonds. The molecule has 2 heterocycles. The van der Waals surface area contributed by atoms with Crippen LogP contribution in [0.4, 0.5) is 13.2 Å². The third-order valence-corrected chi connectivity index (χ3v) is 3.42. The summed E-state index contributed by atoms with van der Waals surface area (Å²) in [6.07, 6.45) is -4.94. The minimum absolute atomic E-state index is 0.202. The fourth-order valence-corrected chi connectivity index (χ4v) is 2.53. The zero-order chi connectivity index (χ0) is 12.3. The summed E-state index contributed by atoms with van der Waals surface area (Å²) in [6.45, 7) is 0.902. The van der Waals surface area contributed by atoms with Gasteiger partial charge in [0.2, 0.25) is 5.89 Å². The zero-order valence-corrected chi connectivity index (χ0v) is 9.77. The third kappa shape index (κ3) is 4.19. The van der Waals surface area contributed by atoms with Gasteiger partial charge in [0.25, 0.3) is 0 Å². The van der Waals surface area contributed by atoms with Crippen molar-refractivity contribution in [2.75, 3.05) is 18.1 Å². The molecule has 0 radical (unpaired) electrons. The molecule has 1 aromatic heterocycles. The summed E-state index contributed by atoms with van der Waals surface area (Å²) in [4.78, 5) is 3.74. The quantitative estimate of drug-likeness (QED) is 0.897. The molecule has 1 N–H and O–H groups in total. The number of thioether (sulfide) groups is 1. The molecule has 2 rings (SSSR count). The van der Waals surface area contributed by atoms with Crippen LogP contribution in [0.15, 0.2) is 4.52 Å². The second-order valence-corrected chi connectivity index (χ2v) is 4.98. The van der Waals surface area contributed by atoms with Gasteiger partial charge in [-0.1, -0.05) is 5.16 Å². The number of alkyl halides is 3. The molecule has 4 nitrogen and oxygen atoms in total. The number of nitrogens with zero attached hydrogens (tertiary/aromatic N) is 2. The standard InChI is InChI=1S/C9H12F3N3OS/c10-9(11,12)4-7-14-8(16-15-7)3-6-5-17-2-1-13-6/h6,13H,1-5H2. The highest BCUT2D eigenvalue weighted by Gasteiger charge is 2.30. The lowest BCUT2D eigenvalue weighted by Gasteiger charge is -2.21. The van der Waals surface area contributed by atoms with E-state index >= 15 is 0 Å². The van der Waals surface area contributed by atoms with Gasteiger partial charge in [0.15, 0.2) is 5.82 Å². The summed E-state index contributed by atoms with van der Waals surface area (Å²) >= 11 is 1.81. The van der Waals surface area contributed by atoms with E-state index in [0.717, 1.165) is 18.1 Å². The summed E-state index contributed by atoms with van der Waals surface area (Å²) in [5.74, 6) is 1.94. The van der Waals surface area contributed by atoms with Crippen LogP contribution in [0.3, 0.4) is 0 Å². The maximum atomic E-state index is 12.1. The first-order valence-corrected chi connectivity index (χ1v) is 6.38. The van der Waals surface area contributed by atoms with Gasteiger partial charge in [-0.2, -0.15) is 29.9 Å². The first-order chi connectivity index (χ1) is 8.03. The summed E-state index contributed by atoms with van der Waals surface area (Å²) in [6, 6.07) is 0.202. The first-order valence-electron chi connectivity index (χ1n) is 5.22. The molecule has 96 valence electrons. The van der Waals surface area contributed by atoms with Gasteiger partial charge in [-0.25, -0.2) is 0 Å². The normalized spacial score (nSPS) is 21.7. The topological polar surface area (TPSA) is 51.0 Å². The molecule has 1 aliphatic heterocycles. The van der Waals surface area contributed by atoms with Crippen molar-refractivity contribution in [3.8, 4) is 0 Å². The van der Waals surface area contributed by atoms with E-state index in [1.165, 1.54) is 0 Å². The molecule has 8 heteroatoms. The minimum Gasteiger partial charge on any atom is -0.339 e. The Morgan fingerprint density at radius 1 is 1.47 bits per heavy atom. The number of nitrogens with one attached hydrogen (secondary N) is 1. The lowest BCUT2D eigenvalue weighted by atomic mass is 10.2. The van der Waals surface area contributed by atoms with Crippen molar-refractivity contribution in [3.05, 3.63) is 11.7 Å². The average molecular weight is 267 g/mol. The number of halogens is 3. The highest BCUT2D eigenvalue weighted by Crippen LogP contribution is 2.20. The molecule has 0 aromatic carbocycles. The predicted octanol–water partition coefficient (Wildman–Crippen LogP) is 1.42. The molecule has 0 spiro atoms. The maximum absolute atomic E-state index is 12.1. The van der Waals surface area contributed by atoms with E-state index in [1.54, 1.807) is 11.8 Å². The van der Waals surface area contributed by atoms with Gasteiger partial charge >= 0.3 is 6.18 Å². The molecule has 1 aliphatic rings. The minimum atomic E-state index is -4.29. The van der Waals surface area contributed by atoms with Crippen LogP contribution in [0.2, 0.25) is 0 Å². The van der Waals surface area contributed by atoms with Crippen LogP contribution in [-0.4, -0.2) is 40.4 Å². The summed E-state index contributed by atoms with van der Waals surface area (Å²) in [5.41, 5.74) is 0. The number of hydrogen-bond donors (Lipinski definition) is 1. The van der Waals surface area contributed by atoms with Crippen LogP contribution < -0.4 is 5.32 Å². The highest BCUT2D eigenvalue weighted by molar-refractivity contribution is 7.99. The Labute approximate surface area is 100 Å². The van der Waals surface area contributed by atoms with Crippen molar-refractivity contribution in [1.82, 2.24) is 15.5 Å². The molecular formula is C9H12F3N3OS. The Bertz CT molecular complexity index is 363. The van der Waals surface area contributed by atoms with E-state index in [2.05, 4.69) is 15.5 Å². The Hall–Kier alpha value is -0.760. The average Bonchev–Trinajstić information content (AvgIpc) is 2.64. The maximum Gasteiger partial charge on any atom is 0.396 e. The Morgan fingerprint density at radius 2 is 2.29 bits per heavy atom. The first kappa shape index (κ1) is 12.7. The highest BCUT2D eigenvalue weighted by atomic mass is 32.2. The van der Waals surface area contributed by atoms with Gasteiger partial charge in [-0.15, -0.1) is 0 Å². The molecule has 17 heavy (non-hydrogen) atoms. The van der Waals surface area contributed by atoms with Crippen molar-refractivity contribution in [2.24, 2.45) is 0 Å². The van der Waals surface area contributed by atoms with Gasteiger partial charge in [-0.05, 0) is 0 Å². The Morgan fingerprint density at radius 3 is 2.94 bits per heavy atom. The van der Waals surface area contributed by atoms with Crippen molar-refractivity contribution < 1.29 is 17.7 Å². The van der Waals surface area contributed by atoms with Crippen LogP contribution in [0.5, 0.6) is 0 Å². The van der Waals surface area contributed by atoms with E-state index in [1.807, 2.05) is 0 Å². The monoisotopic (exact) mass is 267 g/mol. The van der Waals surface area contributed by atoms with Crippen LogP contribution >= 0.6 is 11.8 Å². The van der Waals surface area contributed by atoms with Gasteiger partial charge in [0, 0.05) is 30.5 Å². The van der Waals surface area contributed by atoms with E-state index in [-0.39, 0.29) is 17.8 Å². The van der Waals surface area contributed by atoms with Crippen molar-refractivity contribution >= 4 is 11.8 Å². The van der Waals surface area contributed by atoms with Gasteiger partial charge in [0.05, 0.1) is 0 Å². The fraction of sp³-hybridized carbons (Fsp3) is 0.778. The van der Waals surface area contributed by atoms with Crippen LogP contribution in [0, 0.1) is 0 Å². The molecule has 0 saturated carbocycles. The molecule has 1 fully saturated rings. The lowest BCUT2D eigenvalue weighted by Crippen LogP contribution is -2.38. The Kier molecular flexibility index (Phi) is 3.93. The molecule has 0 aliphatic carbocycles. The molecule has 1 unspecified atom stereocenters. The second-order valence-electron chi connectivity index (χ2n) is 3.83. The molecule has 1 atom stereocenters. The van der Waals surface area contributed by atoms with E-state index < -0.39 is 12.6 Å².